The van der Waals surface area contributed by atoms with E-state index in [-0.39, 0.29) is 11.6 Å². The lowest BCUT2D eigenvalue weighted by Crippen LogP contribution is -2.31. The highest BCUT2D eigenvalue weighted by atomic mass is 16.2. The molecule has 0 aliphatic carbocycles. The predicted molar refractivity (Wildman–Crippen MR) is 44.2 cm³/mol. The molecular formula is C9H13NO2. The summed E-state index contributed by atoms with van der Waals surface area (Å²) in [7, 11) is 0. The van der Waals surface area contributed by atoms with Crippen LogP contribution in [0.3, 0.4) is 0 Å². The average molecular weight is 167 g/mol. The molecule has 3 nitrogen and oxygen atoms in total. The SMILES string of the molecule is CC(=O)C(C#N)C(=O)C(C)(C)C. The van der Waals surface area contributed by atoms with Gasteiger partial charge in [0.1, 0.15) is 0 Å². The Labute approximate surface area is 72.4 Å². The normalized spacial score (nSPS) is 13.2. The van der Waals surface area contributed by atoms with Crippen LogP contribution in [0.25, 0.3) is 0 Å². The van der Waals surface area contributed by atoms with E-state index in [9.17, 15) is 9.59 Å². The van der Waals surface area contributed by atoms with E-state index in [1.54, 1.807) is 26.8 Å². The van der Waals surface area contributed by atoms with Crippen LogP contribution < -0.4 is 0 Å². The Bertz CT molecular complexity index is 242. The van der Waals surface area contributed by atoms with Gasteiger partial charge in [0, 0.05) is 5.41 Å². The maximum Gasteiger partial charge on any atom is 0.163 e. The summed E-state index contributed by atoms with van der Waals surface area (Å²) in [6, 6.07) is 1.71. The molecule has 0 aromatic carbocycles. The van der Waals surface area contributed by atoms with E-state index >= 15 is 0 Å². The van der Waals surface area contributed by atoms with Crippen molar-refractivity contribution in [2.75, 3.05) is 0 Å². The van der Waals surface area contributed by atoms with E-state index in [4.69, 9.17) is 5.26 Å². The van der Waals surface area contributed by atoms with Crippen LogP contribution in [0.5, 0.6) is 0 Å². The molecule has 0 spiro atoms. The fraction of sp³-hybridized carbons (Fsp3) is 0.667. The third-order valence-electron chi connectivity index (χ3n) is 1.54. The number of nitriles is 1. The summed E-state index contributed by atoms with van der Waals surface area (Å²) in [6.07, 6.45) is 0. The Morgan fingerprint density at radius 1 is 1.33 bits per heavy atom. The first kappa shape index (κ1) is 10.8. The zero-order valence-corrected chi connectivity index (χ0v) is 7.84. The summed E-state index contributed by atoms with van der Waals surface area (Å²) in [5.74, 6) is -1.78. The Kier molecular flexibility index (Phi) is 3.15. The summed E-state index contributed by atoms with van der Waals surface area (Å²) < 4.78 is 0. The van der Waals surface area contributed by atoms with Gasteiger partial charge in [-0.25, -0.2) is 0 Å². The quantitative estimate of drug-likeness (QED) is 0.583. The Balaban J connectivity index is 4.70. The second kappa shape index (κ2) is 3.48. The maximum absolute atomic E-state index is 11.4. The maximum atomic E-state index is 11.4. The zero-order valence-electron chi connectivity index (χ0n) is 7.84. The molecule has 0 aliphatic heterocycles. The molecule has 0 aliphatic rings. The molecule has 0 amide bonds. The van der Waals surface area contributed by atoms with Crippen LogP contribution in [-0.2, 0) is 9.59 Å². The molecule has 3 heteroatoms. The van der Waals surface area contributed by atoms with Crippen molar-refractivity contribution in [3.8, 4) is 6.07 Å². The van der Waals surface area contributed by atoms with Crippen molar-refractivity contribution in [3.05, 3.63) is 0 Å². The van der Waals surface area contributed by atoms with Gasteiger partial charge in [-0.15, -0.1) is 0 Å². The van der Waals surface area contributed by atoms with Gasteiger partial charge in [-0.2, -0.15) is 5.26 Å². The van der Waals surface area contributed by atoms with Crippen molar-refractivity contribution in [2.24, 2.45) is 11.3 Å². The number of carbonyl (C=O) groups excluding carboxylic acids is 2. The van der Waals surface area contributed by atoms with Crippen molar-refractivity contribution in [3.63, 3.8) is 0 Å². The number of hydrogen-bond donors (Lipinski definition) is 0. The van der Waals surface area contributed by atoms with Crippen LogP contribution in [0.1, 0.15) is 27.7 Å². The molecule has 1 atom stereocenters. The topological polar surface area (TPSA) is 57.9 Å². The molecule has 1 unspecified atom stereocenters. The van der Waals surface area contributed by atoms with Gasteiger partial charge < -0.3 is 0 Å². The van der Waals surface area contributed by atoms with Gasteiger partial charge in [0.05, 0.1) is 6.07 Å². The van der Waals surface area contributed by atoms with E-state index in [0.717, 1.165) is 0 Å². The minimum Gasteiger partial charge on any atom is -0.298 e. The first-order valence-corrected chi connectivity index (χ1v) is 3.75. The van der Waals surface area contributed by atoms with Gasteiger partial charge in [0.15, 0.2) is 17.5 Å². The highest BCUT2D eigenvalue weighted by Gasteiger charge is 2.32. The molecule has 0 saturated carbocycles. The first-order chi connectivity index (χ1) is 5.30. The highest BCUT2D eigenvalue weighted by molar-refractivity contribution is 6.05. The molecule has 0 bridgehead atoms. The minimum absolute atomic E-state index is 0.308. The molecule has 0 aromatic rings. The standard InChI is InChI=1S/C9H13NO2/c1-6(11)7(5-10)8(12)9(2,3)4/h7H,1-4H3. The monoisotopic (exact) mass is 167 g/mol. The smallest absolute Gasteiger partial charge is 0.163 e. The van der Waals surface area contributed by atoms with E-state index in [2.05, 4.69) is 0 Å². The molecule has 0 fully saturated rings. The number of nitrogens with zero attached hydrogens (tertiary/aromatic N) is 1. The molecule has 12 heavy (non-hydrogen) atoms. The largest absolute Gasteiger partial charge is 0.298 e. The number of rotatable bonds is 2. The number of ketones is 2. The van der Waals surface area contributed by atoms with Crippen molar-refractivity contribution >= 4 is 11.6 Å². The summed E-state index contributed by atoms with van der Waals surface area (Å²) in [5, 5.41) is 8.54. The number of Topliss-reactive ketones (excluding diaryl/α,β-unsaturated/α-hetero) is 2. The minimum atomic E-state index is -1.09. The van der Waals surface area contributed by atoms with Crippen LogP contribution in [0.2, 0.25) is 0 Å². The molecule has 66 valence electrons. The molecule has 0 radical (unpaired) electrons. The van der Waals surface area contributed by atoms with Crippen molar-refractivity contribution in [1.29, 1.82) is 5.26 Å². The Morgan fingerprint density at radius 2 is 1.75 bits per heavy atom. The molecule has 0 aromatic heterocycles. The third kappa shape index (κ3) is 2.46. The van der Waals surface area contributed by atoms with Crippen LogP contribution >= 0.6 is 0 Å². The highest BCUT2D eigenvalue weighted by Crippen LogP contribution is 2.20. The lowest BCUT2D eigenvalue weighted by Gasteiger charge is -2.18. The van der Waals surface area contributed by atoms with E-state index in [0.29, 0.717) is 0 Å². The first-order valence-electron chi connectivity index (χ1n) is 3.75. The van der Waals surface area contributed by atoms with E-state index < -0.39 is 11.3 Å². The number of carbonyl (C=O) groups is 2. The average Bonchev–Trinajstić information content (AvgIpc) is 1.86. The van der Waals surface area contributed by atoms with E-state index in [1.807, 2.05) is 0 Å². The van der Waals surface area contributed by atoms with Crippen LogP contribution in [0.15, 0.2) is 0 Å². The van der Waals surface area contributed by atoms with Crippen LogP contribution in [0, 0.1) is 22.7 Å². The predicted octanol–water partition coefficient (Wildman–Crippen LogP) is 1.33. The molecule has 0 N–H and O–H groups in total. The fourth-order valence-corrected chi connectivity index (χ4v) is 0.767. The van der Waals surface area contributed by atoms with Gasteiger partial charge in [-0.05, 0) is 6.92 Å². The summed E-state index contributed by atoms with van der Waals surface area (Å²) >= 11 is 0. The molecule has 0 saturated heterocycles. The molecular weight excluding hydrogens is 154 g/mol. The van der Waals surface area contributed by atoms with Gasteiger partial charge >= 0.3 is 0 Å². The fourth-order valence-electron chi connectivity index (χ4n) is 0.767. The van der Waals surface area contributed by atoms with Crippen LogP contribution in [0.4, 0.5) is 0 Å². The van der Waals surface area contributed by atoms with Gasteiger partial charge in [-0.3, -0.25) is 9.59 Å². The second-order valence-electron chi connectivity index (χ2n) is 3.79. The van der Waals surface area contributed by atoms with Gasteiger partial charge in [0.2, 0.25) is 0 Å². The van der Waals surface area contributed by atoms with Crippen LogP contribution in [-0.4, -0.2) is 11.6 Å². The van der Waals surface area contributed by atoms with Gasteiger partial charge in [0.25, 0.3) is 0 Å². The molecule has 0 rings (SSSR count). The van der Waals surface area contributed by atoms with Gasteiger partial charge in [-0.1, -0.05) is 20.8 Å². The zero-order chi connectivity index (χ0) is 9.94. The third-order valence-corrected chi connectivity index (χ3v) is 1.54. The summed E-state index contributed by atoms with van der Waals surface area (Å²) in [4.78, 5) is 22.2. The van der Waals surface area contributed by atoms with Crippen molar-refractivity contribution in [2.45, 2.75) is 27.7 Å². The van der Waals surface area contributed by atoms with E-state index in [1.165, 1.54) is 6.92 Å². The lowest BCUT2D eigenvalue weighted by atomic mass is 9.82. The molecule has 0 heterocycles. The number of hydrogen-bond acceptors (Lipinski definition) is 3. The van der Waals surface area contributed by atoms with Crippen molar-refractivity contribution in [1.82, 2.24) is 0 Å². The lowest BCUT2D eigenvalue weighted by molar-refractivity contribution is -0.134. The van der Waals surface area contributed by atoms with Crippen molar-refractivity contribution < 1.29 is 9.59 Å². The Hall–Kier alpha value is -1.17. The summed E-state index contributed by atoms with van der Waals surface area (Å²) in [6.45, 7) is 6.35. The summed E-state index contributed by atoms with van der Waals surface area (Å²) in [5.41, 5.74) is -0.619. The Morgan fingerprint density at radius 3 is 1.83 bits per heavy atom. The second-order valence-corrected chi connectivity index (χ2v) is 3.79.